The summed E-state index contributed by atoms with van der Waals surface area (Å²) in [7, 11) is -3.70. The lowest BCUT2D eigenvalue weighted by Gasteiger charge is -2.22. The Bertz CT molecular complexity index is 847. The van der Waals surface area contributed by atoms with Crippen molar-refractivity contribution in [3.8, 4) is 0 Å². The molecule has 1 saturated carbocycles. The summed E-state index contributed by atoms with van der Waals surface area (Å²) in [5.74, 6) is -0.168. The van der Waals surface area contributed by atoms with Gasteiger partial charge in [0.25, 0.3) is 0 Å². The normalized spacial score (nSPS) is 20.1. The second-order valence-electron chi connectivity index (χ2n) is 7.78. The summed E-state index contributed by atoms with van der Waals surface area (Å²) in [5.41, 5.74) is 1.62. The van der Waals surface area contributed by atoms with E-state index in [1.54, 1.807) is 17.0 Å². The van der Waals surface area contributed by atoms with Gasteiger partial charge in [0.2, 0.25) is 21.8 Å². The van der Waals surface area contributed by atoms with Crippen molar-refractivity contribution in [1.82, 2.24) is 10.0 Å². The molecule has 0 radical (unpaired) electrons. The van der Waals surface area contributed by atoms with Crippen LogP contribution in [0.1, 0.15) is 57.9 Å². The van der Waals surface area contributed by atoms with Crippen LogP contribution in [-0.2, 0) is 26.0 Å². The van der Waals surface area contributed by atoms with E-state index >= 15 is 0 Å². The Morgan fingerprint density at radius 3 is 2.57 bits per heavy atom. The Labute approximate surface area is 166 Å². The van der Waals surface area contributed by atoms with Crippen molar-refractivity contribution in [1.29, 1.82) is 0 Å². The average molecular weight is 408 g/mol. The minimum absolute atomic E-state index is 0.0156. The van der Waals surface area contributed by atoms with E-state index in [2.05, 4.69) is 10.0 Å². The zero-order valence-corrected chi connectivity index (χ0v) is 17.3. The van der Waals surface area contributed by atoms with Gasteiger partial charge in [-0.3, -0.25) is 9.59 Å². The van der Waals surface area contributed by atoms with Gasteiger partial charge in [0.15, 0.2) is 0 Å². The van der Waals surface area contributed by atoms with Crippen LogP contribution < -0.4 is 14.9 Å². The molecule has 2 N–H and O–H groups in total. The van der Waals surface area contributed by atoms with Gasteiger partial charge in [-0.2, -0.15) is 0 Å². The summed E-state index contributed by atoms with van der Waals surface area (Å²) in [5, 5.41) is 2.99. The van der Waals surface area contributed by atoms with Crippen LogP contribution in [0.4, 0.5) is 5.69 Å². The maximum atomic E-state index is 12.6. The maximum absolute atomic E-state index is 12.6. The van der Waals surface area contributed by atoms with Gasteiger partial charge in [-0.15, -0.1) is 0 Å². The van der Waals surface area contributed by atoms with E-state index in [0.717, 1.165) is 36.9 Å². The van der Waals surface area contributed by atoms with E-state index < -0.39 is 10.0 Å². The van der Waals surface area contributed by atoms with Crippen molar-refractivity contribution >= 4 is 27.5 Å². The number of amides is 2. The molecule has 0 unspecified atom stereocenters. The minimum atomic E-state index is -3.70. The van der Waals surface area contributed by atoms with Crippen molar-refractivity contribution < 1.29 is 18.0 Å². The third-order valence-electron chi connectivity index (χ3n) is 5.53. The van der Waals surface area contributed by atoms with Crippen molar-refractivity contribution in [2.45, 2.75) is 75.8 Å². The molecule has 154 valence electrons. The van der Waals surface area contributed by atoms with Crippen molar-refractivity contribution in [2.24, 2.45) is 0 Å². The molecule has 2 amide bonds. The number of fused-ring (bicyclic) bond motifs is 1. The summed E-state index contributed by atoms with van der Waals surface area (Å²) < 4.78 is 27.7. The largest absolute Gasteiger partial charge is 0.353 e. The molecule has 1 atom stereocenters. The lowest BCUT2D eigenvalue weighted by molar-refractivity contribution is -0.122. The minimum Gasteiger partial charge on any atom is -0.353 e. The number of nitrogens with one attached hydrogen (secondary N) is 2. The number of nitrogens with zero attached hydrogens (tertiary/aromatic N) is 1. The second kappa shape index (κ2) is 8.61. The average Bonchev–Trinajstić information content (AvgIpc) is 2.97. The summed E-state index contributed by atoms with van der Waals surface area (Å²) >= 11 is 0. The van der Waals surface area contributed by atoms with Crippen LogP contribution >= 0.6 is 0 Å². The highest BCUT2D eigenvalue weighted by atomic mass is 32.2. The third-order valence-corrected chi connectivity index (χ3v) is 6.99. The predicted octanol–water partition coefficient (Wildman–Crippen LogP) is 2.10. The topological polar surface area (TPSA) is 95.6 Å². The first-order valence-corrected chi connectivity index (χ1v) is 11.5. The second-order valence-corrected chi connectivity index (χ2v) is 9.55. The van der Waals surface area contributed by atoms with Gasteiger partial charge in [0.05, 0.1) is 4.90 Å². The van der Waals surface area contributed by atoms with Crippen molar-refractivity contribution in [3.05, 3.63) is 23.8 Å². The molecular formula is C20H29N3O4S. The first-order valence-electron chi connectivity index (χ1n) is 9.99. The van der Waals surface area contributed by atoms with Gasteiger partial charge in [-0.25, -0.2) is 13.1 Å². The molecule has 0 spiro atoms. The van der Waals surface area contributed by atoms with Crippen LogP contribution in [0.5, 0.6) is 0 Å². The molecular weight excluding hydrogens is 378 g/mol. The van der Waals surface area contributed by atoms with Crippen LogP contribution in [0.25, 0.3) is 0 Å². The summed E-state index contributed by atoms with van der Waals surface area (Å²) in [6, 6.07) is 5.06. The Kier molecular flexibility index (Phi) is 6.40. The number of carbonyl (C=O) groups is 2. The van der Waals surface area contributed by atoms with Gasteiger partial charge in [-0.1, -0.05) is 19.3 Å². The number of rotatable bonds is 6. The van der Waals surface area contributed by atoms with E-state index in [1.165, 1.54) is 19.4 Å². The first kappa shape index (κ1) is 20.8. The zero-order chi connectivity index (χ0) is 20.3. The van der Waals surface area contributed by atoms with E-state index in [1.807, 2.05) is 6.92 Å². The van der Waals surface area contributed by atoms with E-state index in [9.17, 15) is 18.0 Å². The molecule has 0 aromatic heterocycles. The smallest absolute Gasteiger partial charge is 0.240 e. The summed E-state index contributed by atoms with van der Waals surface area (Å²) in [6.07, 6.45) is 6.24. The molecule has 1 heterocycles. The Morgan fingerprint density at radius 1 is 1.18 bits per heavy atom. The third kappa shape index (κ3) is 4.72. The number of sulfonamides is 1. The number of carbonyl (C=O) groups excluding carboxylic acids is 2. The molecule has 1 aliphatic heterocycles. The number of benzene rings is 1. The molecule has 0 bridgehead atoms. The van der Waals surface area contributed by atoms with Crippen molar-refractivity contribution in [3.63, 3.8) is 0 Å². The fraction of sp³-hybridized carbons (Fsp3) is 0.600. The van der Waals surface area contributed by atoms with Crippen LogP contribution in [0.15, 0.2) is 23.1 Å². The Morgan fingerprint density at radius 2 is 1.89 bits per heavy atom. The Balaban J connectivity index is 1.57. The SMILES string of the molecule is CC(=O)N1c2ccc(S(=O)(=O)NCCC(=O)NC3CCCCC3)cc2C[C@H]1C. The van der Waals surface area contributed by atoms with Gasteiger partial charge >= 0.3 is 0 Å². The number of hydrogen-bond acceptors (Lipinski definition) is 4. The van der Waals surface area contributed by atoms with Gasteiger partial charge in [0, 0.05) is 37.7 Å². The van der Waals surface area contributed by atoms with Crippen LogP contribution in [-0.4, -0.2) is 38.9 Å². The molecule has 1 fully saturated rings. The monoisotopic (exact) mass is 407 g/mol. The van der Waals surface area contributed by atoms with Crippen LogP contribution in [0.3, 0.4) is 0 Å². The first-order chi connectivity index (χ1) is 13.3. The van der Waals surface area contributed by atoms with Gasteiger partial charge in [0.1, 0.15) is 0 Å². The van der Waals surface area contributed by atoms with Gasteiger partial charge < -0.3 is 10.2 Å². The molecule has 1 aliphatic carbocycles. The highest BCUT2D eigenvalue weighted by Gasteiger charge is 2.30. The van der Waals surface area contributed by atoms with Crippen LogP contribution in [0.2, 0.25) is 0 Å². The molecule has 2 aliphatic rings. The van der Waals surface area contributed by atoms with E-state index in [-0.39, 0.29) is 41.8 Å². The maximum Gasteiger partial charge on any atom is 0.240 e. The Hall–Kier alpha value is -1.93. The fourth-order valence-electron chi connectivity index (χ4n) is 4.18. The quantitative estimate of drug-likeness (QED) is 0.755. The van der Waals surface area contributed by atoms with Gasteiger partial charge in [-0.05, 0) is 49.9 Å². The zero-order valence-electron chi connectivity index (χ0n) is 16.5. The predicted molar refractivity (Wildman–Crippen MR) is 108 cm³/mol. The highest BCUT2D eigenvalue weighted by Crippen LogP contribution is 2.33. The number of hydrogen-bond donors (Lipinski definition) is 2. The number of anilines is 1. The molecule has 28 heavy (non-hydrogen) atoms. The molecule has 0 saturated heterocycles. The van der Waals surface area contributed by atoms with Crippen molar-refractivity contribution in [2.75, 3.05) is 11.4 Å². The standard InChI is InChI=1S/C20H29N3O4S/c1-14-12-16-13-18(8-9-19(16)23(14)15(2)24)28(26,27)21-11-10-20(25)22-17-6-4-3-5-7-17/h8-9,13-14,17,21H,3-7,10-12H2,1-2H3,(H,22,25)/t14-/m1/s1. The molecule has 1 aromatic rings. The molecule has 1 aromatic carbocycles. The molecule has 7 nitrogen and oxygen atoms in total. The molecule has 8 heteroatoms. The van der Waals surface area contributed by atoms with E-state index in [4.69, 9.17) is 0 Å². The lowest BCUT2D eigenvalue weighted by atomic mass is 9.95. The highest BCUT2D eigenvalue weighted by molar-refractivity contribution is 7.89. The lowest BCUT2D eigenvalue weighted by Crippen LogP contribution is -2.38. The summed E-state index contributed by atoms with van der Waals surface area (Å²) in [4.78, 5) is 25.7. The molecule has 3 rings (SSSR count). The summed E-state index contributed by atoms with van der Waals surface area (Å²) in [6.45, 7) is 3.52. The van der Waals surface area contributed by atoms with E-state index in [0.29, 0.717) is 6.42 Å². The van der Waals surface area contributed by atoms with Crippen LogP contribution in [0, 0.1) is 0 Å². The fourth-order valence-corrected chi connectivity index (χ4v) is 5.27.